The van der Waals surface area contributed by atoms with E-state index in [4.69, 9.17) is 11.6 Å². The number of halogens is 1. The molecule has 1 fully saturated rings. The fourth-order valence-corrected chi connectivity index (χ4v) is 3.79. The number of likely N-dealkylation sites (tertiary alicyclic amines) is 1. The first-order valence-corrected chi connectivity index (χ1v) is 8.80. The summed E-state index contributed by atoms with van der Waals surface area (Å²) in [5.41, 5.74) is 3.23. The lowest BCUT2D eigenvalue weighted by Crippen LogP contribution is -2.42. The number of amides is 1. The summed E-state index contributed by atoms with van der Waals surface area (Å²) >= 11 is 7.29. The third kappa shape index (κ3) is 3.46. The van der Waals surface area contributed by atoms with Gasteiger partial charge in [0.2, 0.25) is 0 Å². The number of piperidine rings is 1. The Balaban J connectivity index is 1.75. The van der Waals surface area contributed by atoms with Crippen LogP contribution in [0.5, 0.6) is 0 Å². The summed E-state index contributed by atoms with van der Waals surface area (Å²) in [7, 11) is 0. The number of hydrogen-bond donors (Lipinski definition) is 0. The Bertz CT molecular complexity index is 730. The maximum Gasteiger partial charge on any atom is 0.265 e. The molecule has 4 nitrogen and oxygen atoms in total. The molecular weight excluding hydrogens is 332 g/mol. The van der Waals surface area contributed by atoms with Crippen molar-refractivity contribution in [2.45, 2.75) is 19.8 Å². The van der Waals surface area contributed by atoms with Crippen molar-refractivity contribution in [2.75, 3.05) is 13.1 Å². The predicted octanol–water partition coefficient (Wildman–Crippen LogP) is 3.84. The fourth-order valence-electron chi connectivity index (χ4n) is 2.98. The van der Waals surface area contributed by atoms with Crippen LogP contribution in [0.15, 0.2) is 29.9 Å². The lowest BCUT2D eigenvalue weighted by molar-refractivity contribution is 0.0640. The number of aromatic nitrogens is 1. The molecule has 0 bridgehead atoms. The number of ketones is 1. The van der Waals surface area contributed by atoms with Crippen molar-refractivity contribution >= 4 is 34.6 Å². The molecule has 0 radical (unpaired) electrons. The molecule has 120 valence electrons. The van der Waals surface area contributed by atoms with E-state index in [-0.39, 0.29) is 17.6 Å². The second-order valence-electron chi connectivity index (χ2n) is 5.78. The van der Waals surface area contributed by atoms with Crippen molar-refractivity contribution < 1.29 is 9.59 Å². The summed E-state index contributed by atoms with van der Waals surface area (Å²) in [6, 6.07) is 5.33. The van der Waals surface area contributed by atoms with Gasteiger partial charge in [-0.05, 0) is 43.5 Å². The monoisotopic (exact) mass is 348 g/mol. The zero-order valence-corrected chi connectivity index (χ0v) is 14.4. The highest BCUT2D eigenvalue weighted by Gasteiger charge is 2.30. The van der Waals surface area contributed by atoms with E-state index < -0.39 is 0 Å². The number of aryl methyl sites for hydroxylation is 1. The smallest absolute Gasteiger partial charge is 0.265 e. The molecule has 0 aliphatic carbocycles. The number of carbonyl (C=O) groups is 2. The van der Waals surface area contributed by atoms with Crippen LogP contribution in [0, 0.1) is 12.8 Å². The van der Waals surface area contributed by atoms with Gasteiger partial charge in [0.25, 0.3) is 5.91 Å². The molecule has 23 heavy (non-hydrogen) atoms. The van der Waals surface area contributed by atoms with E-state index in [0.29, 0.717) is 28.6 Å². The van der Waals surface area contributed by atoms with Crippen molar-refractivity contribution in [3.05, 3.63) is 50.9 Å². The van der Waals surface area contributed by atoms with E-state index in [1.807, 2.05) is 6.92 Å². The molecule has 1 saturated heterocycles. The summed E-state index contributed by atoms with van der Waals surface area (Å²) in [4.78, 5) is 31.6. The SMILES string of the molecule is Cc1cc(Cl)ccc1C(=O)[C@@H]1CCCN(C(=O)c2cncs2)C1. The zero-order chi connectivity index (χ0) is 16.4. The van der Waals surface area contributed by atoms with Crippen molar-refractivity contribution in [3.8, 4) is 0 Å². The van der Waals surface area contributed by atoms with Gasteiger partial charge in [-0.15, -0.1) is 11.3 Å². The zero-order valence-electron chi connectivity index (χ0n) is 12.8. The van der Waals surface area contributed by atoms with Crippen molar-refractivity contribution in [1.29, 1.82) is 0 Å². The molecule has 2 heterocycles. The van der Waals surface area contributed by atoms with Gasteiger partial charge in [-0.1, -0.05) is 11.6 Å². The van der Waals surface area contributed by atoms with Crippen molar-refractivity contribution in [2.24, 2.45) is 5.92 Å². The van der Waals surface area contributed by atoms with Crippen molar-refractivity contribution in [1.82, 2.24) is 9.88 Å². The van der Waals surface area contributed by atoms with Gasteiger partial charge in [-0.25, -0.2) is 0 Å². The highest BCUT2D eigenvalue weighted by molar-refractivity contribution is 7.11. The molecule has 1 atom stereocenters. The van der Waals surface area contributed by atoms with E-state index in [9.17, 15) is 9.59 Å². The number of nitrogens with zero attached hydrogens (tertiary/aromatic N) is 2. The van der Waals surface area contributed by atoms with Crippen LogP contribution < -0.4 is 0 Å². The summed E-state index contributed by atoms with van der Waals surface area (Å²) in [6.45, 7) is 3.06. The maximum absolute atomic E-state index is 12.8. The van der Waals surface area contributed by atoms with Gasteiger partial charge < -0.3 is 4.90 Å². The highest BCUT2D eigenvalue weighted by atomic mass is 35.5. The molecule has 1 aliphatic heterocycles. The van der Waals surface area contributed by atoms with Gasteiger partial charge in [-0.2, -0.15) is 0 Å². The highest BCUT2D eigenvalue weighted by Crippen LogP contribution is 2.25. The van der Waals surface area contributed by atoms with Crippen LogP contribution in [0.2, 0.25) is 5.02 Å². The molecule has 0 saturated carbocycles. The van der Waals surface area contributed by atoms with Crippen LogP contribution >= 0.6 is 22.9 Å². The fraction of sp³-hybridized carbons (Fsp3) is 0.353. The average Bonchev–Trinajstić information content (AvgIpc) is 3.08. The Labute approximate surface area is 144 Å². The molecule has 2 aromatic rings. The number of benzene rings is 1. The van der Waals surface area contributed by atoms with Gasteiger partial charge in [0.05, 0.1) is 11.7 Å². The number of rotatable bonds is 3. The van der Waals surface area contributed by atoms with E-state index >= 15 is 0 Å². The van der Waals surface area contributed by atoms with Crippen LogP contribution in [-0.2, 0) is 0 Å². The first-order chi connectivity index (χ1) is 11.1. The Morgan fingerprint density at radius 2 is 2.22 bits per heavy atom. The van der Waals surface area contributed by atoms with Crippen LogP contribution in [0.3, 0.4) is 0 Å². The molecule has 0 unspecified atom stereocenters. The molecule has 1 amide bonds. The predicted molar refractivity (Wildman–Crippen MR) is 91.3 cm³/mol. The molecule has 1 aliphatic rings. The Kier molecular flexibility index (Phi) is 4.78. The van der Waals surface area contributed by atoms with E-state index in [0.717, 1.165) is 18.4 Å². The normalized spacial score (nSPS) is 18.0. The summed E-state index contributed by atoms with van der Waals surface area (Å²) in [5, 5.41) is 0.629. The lowest BCUT2D eigenvalue weighted by atomic mass is 9.88. The van der Waals surface area contributed by atoms with E-state index in [1.165, 1.54) is 11.3 Å². The Morgan fingerprint density at radius 1 is 1.39 bits per heavy atom. The van der Waals surface area contributed by atoms with Gasteiger partial charge >= 0.3 is 0 Å². The molecular formula is C17H17ClN2O2S. The summed E-state index contributed by atoms with van der Waals surface area (Å²) in [6.07, 6.45) is 3.24. The maximum atomic E-state index is 12.8. The van der Waals surface area contributed by atoms with Crippen molar-refractivity contribution in [3.63, 3.8) is 0 Å². The minimum Gasteiger partial charge on any atom is -0.337 e. The lowest BCUT2D eigenvalue weighted by Gasteiger charge is -2.32. The molecule has 6 heteroatoms. The van der Waals surface area contributed by atoms with E-state index in [2.05, 4.69) is 4.98 Å². The third-order valence-electron chi connectivity index (χ3n) is 4.18. The number of carbonyl (C=O) groups excluding carboxylic acids is 2. The van der Waals surface area contributed by atoms with Gasteiger partial charge in [-0.3, -0.25) is 14.6 Å². The quantitative estimate of drug-likeness (QED) is 0.792. The van der Waals surface area contributed by atoms with Crippen LogP contribution in [0.4, 0.5) is 0 Å². The van der Waals surface area contributed by atoms with Crippen LogP contribution in [-0.4, -0.2) is 34.7 Å². The number of thiazole rings is 1. The molecule has 0 spiro atoms. The topological polar surface area (TPSA) is 50.3 Å². The molecule has 0 N–H and O–H groups in total. The molecule has 1 aromatic heterocycles. The standard InChI is InChI=1S/C17H17ClN2O2S/c1-11-7-13(18)4-5-14(11)16(21)12-3-2-6-20(9-12)17(22)15-8-19-10-23-15/h4-5,7-8,10,12H,2-3,6,9H2,1H3/t12-/m1/s1. The first kappa shape index (κ1) is 16.1. The second-order valence-corrected chi connectivity index (χ2v) is 7.10. The van der Waals surface area contributed by atoms with Crippen LogP contribution in [0.25, 0.3) is 0 Å². The molecule has 1 aromatic carbocycles. The average molecular weight is 349 g/mol. The number of hydrogen-bond acceptors (Lipinski definition) is 4. The third-order valence-corrected chi connectivity index (χ3v) is 5.17. The molecule has 3 rings (SSSR count). The Hall–Kier alpha value is -1.72. The minimum atomic E-state index is -0.152. The first-order valence-electron chi connectivity index (χ1n) is 7.54. The van der Waals surface area contributed by atoms with Gasteiger partial charge in [0.15, 0.2) is 5.78 Å². The second kappa shape index (κ2) is 6.81. The van der Waals surface area contributed by atoms with Gasteiger partial charge in [0, 0.05) is 29.6 Å². The van der Waals surface area contributed by atoms with Crippen LogP contribution in [0.1, 0.15) is 38.4 Å². The number of Topliss-reactive ketones (excluding diaryl/α,β-unsaturated/α-hetero) is 1. The minimum absolute atomic E-state index is 0.0298. The largest absolute Gasteiger partial charge is 0.337 e. The Morgan fingerprint density at radius 3 is 2.91 bits per heavy atom. The summed E-state index contributed by atoms with van der Waals surface area (Å²) < 4.78 is 0. The summed E-state index contributed by atoms with van der Waals surface area (Å²) in [5.74, 6) is -0.0840. The van der Waals surface area contributed by atoms with E-state index in [1.54, 1.807) is 34.8 Å². The van der Waals surface area contributed by atoms with Gasteiger partial charge in [0.1, 0.15) is 4.88 Å².